The van der Waals surface area contributed by atoms with Crippen molar-refractivity contribution in [2.24, 2.45) is 0 Å². The molecule has 2 aromatic heterocycles. The number of benzene rings is 3. The zero-order chi connectivity index (χ0) is 23.5. The van der Waals surface area contributed by atoms with Gasteiger partial charge in [0.2, 0.25) is 0 Å². The second-order valence-corrected chi connectivity index (χ2v) is 14.5. The molecule has 2 N–H and O–H groups in total. The van der Waals surface area contributed by atoms with E-state index in [-0.39, 0.29) is 0 Å². The van der Waals surface area contributed by atoms with Crippen LogP contribution in [-0.2, 0) is 0 Å². The number of hydrogen-bond acceptors (Lipinski definition) is 4. The van der Waals surface area contributed by atoms with Crippen LogP contribution in [-0.4, -0.2) is 18.8 Å². The Balaban J connectivity index is 1.61. The van der Waals surface area contributed by atoms with E-state index in [4.69, 9.17) is 0 Å². The molecule has 2 nitrogen and oxygen atoms in total. The fraction of sp³-hybridized carbons (Fsp3) is 0.103. The summed E-state index contributed by atoms with van der Waals surface area (Å²) >= 11 is 3.49. The molecule has 5 rings (SSSR count). The van der Waals surface area contributed by atoms with Gasteiger partial charge in [-0.05, 0) is 54.2 Å². The Labute approximate surface area is 211 Å². The highest BCUT2D eigenvalue weighted by molar-refractivity contribution is 8.32. The molecule has 172 valence electrons. The van der Waals surface area contributed by atoms with E-state index < -0.39 is 10.0 Å². The van der Waals surface area contributed by atoms with Gasteiger partial charge in [0, 0.05) is 48.9 Å². The van der Waals surface area contributed by atoms with Crippen molar-refractivity contribution in [1.29, 1.82) is 0 Å². The second-order valence-electron chi connectivity index (χ2n) is 8.90. The lowest BCUT2D eigenvalue weighted by atomic mass is 10.00. The molecule has 5 heteroatoms. The molecular weight excluding hydrogens is 473 g/mol. The van der Waals surface area contributed by atoms with Crippen molar-refractivity contribution in [3.8, 4) is 22.3 Å². The van der Waals surface area contributed by atoms with Crippen LogP contribution >= 0.6 is 32.7 Å². The van der Waals surface area contributed by atoms with Gasteiger partial charge in [0.05, 0.1) is 11.4 Å². The van der Waals surface area contributed by atoms with E-state index in [1.54, 1.807) is 22.7 Å². The maximum absolute atomic E-state index is 3.64. The molecule has 0 saturated heterocycles. The molecule has 0 amide bonds. The van der Waals surface area contributed by atoms with Crippen molar-refractivity contribution in [1.82, 2.24) is 0 Å². The zero-order valence-electron chi connectivity index (χ0n) is 19.5. The van der Waals surface area contributed by atoms with Gasteiger partial charge in [-0.15, -0.1) is 22.7 Å². The van der Waals surface area contributed by atoms with Gasteiger partial charge in [-0.25, -0.2) is 10.0 Å². The number of anilines is 4. The molecule has 0 atom stereocenters. The summed E-state index contributed by atoms with van der Waals surface area (Å²) in [5.74, 6) is 0. The summed E-state index contributed by atoms with van der Waals surface area (Å²) in [7, 11) is -1.04. The van der Waals surface area contributed by atoms with Crippen LogP contribution in [0.25, 0.3) is 22.3 Å². The van der Waals surface area contributed by atoms with Crippen molar-refractivity contribution >= 4 is 55.5 Å². The van der Waals surface area contributed by atoms with Gasteiger partial charge in [-0.2, -0.15) is 0 Å². The van der Waals surface area contributed by atoms with E-state index >= 15 is 0 Å². The molecule has 34 heavy (non-hydrogen) atoms. The lowest BCUT2D eigenvalue weighted by Gasteiger charge is -2.32. The van der Waals surface area contributed by atoms with E-state index in [9.17, 15) is 0 Å². The molecule has 0 unspecified atom stereocenters. The van der Waals surface area contributed by atoms with Crippen LogP contribution in [0.1, 0.15) is 0 Å². The summed E-state index contributed by atoms with van der Waals surface area (Å²) in [5.41, 5.74) is 9.69. The van der Waals surface area contributed by atoms with E-state index in [1.807, 2.05) is 12.1 Å². The molecule has 5 aromatic rings. The molecule has 0 aliphatic rings. The van der Waals surface area contributed by atoms with Gasteiger partial charge in [0.15, 0.2) is 0 Å². The fourth-order valence-corrected chi connectivity index (χ4v) is 7.42. The largest absolute Gasteiger partial charge is 0.354 e. The van der Waals surface area contributed by atoms with Crippen LogP contribution < -0.4 is 10.6 Å². The number of para-hydroxylation sites is 2. The molecule has 3 aromatic carbocycles. The standard InChI is InChI=1S/C29H28N2S3/c1-34(2,3)29-23(25-17-32-19-27(25)30-21-11-6-4-7-12-21)15-10-16-24(29)26-18-33-20-28(26)31-22-13-8-5-9-14-22/h4-20,30-31H,1-3H3. The summed E-state index contributed by atoms with van der Waals surface area (Å²) < 4.78 is 0. The second kappa shape index (κ2) is 9.71. The summed E-state index contributed by atoms with van der Waals surface area (Å²) in [4.78, 5) is 1.44. The predicted molar refractivity (Wildman–Crippen MR) is 156 cm³/mol. The highest BCUT2D eigenvalue weighted by atomic mass is 32.3. The molecule has 0 radical (unpaired) electrons. The highest BCUT2D eigenvalue weighted by Gasteiger charge is 2.23. The highest BCUT2D eigenvalue weighted by Crippen LogP contribution is 2.56. The molecule has 0 bridgehead atoms. The Bertz CT molecular complexity index is 1280. The topological polar surface area (TPSA) is 24.1 Å². The monoisotopic (exact) mass is 500 g/mol. The summed E-state index contributed by atoms with van der Waals surface area (Å²) in [6.45, 7) is 0. The number of thiophene rings is 2. The average Bonchev–Trinajstić information content (AvgIpc) is 3.49. The first-order chi connectivity index (χ1) is 16.5. The molecule has 0 saturated carbocycles. The number of nitrogens with one attached hydrogen (secondary N) is 2. The Morgan fingerprint density at radius 3 is 1.35 bits per heavy atom. The summed E-state index contributed by atoms with van der Waals surface area (Å²) in [5, 5.41) is 16.2. The van der Waals surface area contributed by atoms with E-state index in [1.165, 1.54) is 27.1 Å². The van der Waals surface area contributed by atoms with Gasteiger partial charge >= 0.3 is 0 Å². The van der Waals surface area contributed by atoms with Gasteiger partial charge in [0.25, 0.3) is 0 Å². The van der Waals surface area contributed by atoms with Crippen molar-refractivity contribution in [2.75, 3.05) is 29.4 Å². The van der Waals surface area contributed by atoms with Gasteiger partial charge < -0.3 is 10.6 Å². The van der Waals surface area contributed by atoms with Crippen LogP contribution in [0.5, 0.6) is 0 Å². The summed E-state index contributed by atoms with van der Waals surface area (Å²) in [6.07, 6.45) is 7.17. The Hall–Kier alpha value is -2.99. The third-order valence-electron chi connectivity index (χ3n) is 5.64. The van der Waals surface area contributed by atoms with E-state index in [0.29, 0.717) is 0 Å². The van der Waals surface area contributed by atoms with Crippen LogP contribution in [0.4, 0.5) is 22.7 Å². The SMILES string of the molecule is CS(C)(C)c1c(-c2cscc2Nc2ccccc2)cccc1-c1cscc1Nc1ccccc1. The van der Waals surface area contributed by atoms with Gasteiger partial charge in [-0.3, -0.25) is 0 Å². The van der Waals surface area contributed by atoms with Crippen LogP contribution in [0, 0.1) is 0 Å². The third kappa shape index (κ3) is 4.78. The quantitative estimate of drug-likeness (QED) is 0.232. The number of rotatable bonds is 7. The lowest BCUT2D eigenvalue weighted by Crippen LogP contribution is -2.01. The first kappa shape index (κ1) is 22.8. The normalized spacial score (nSPS) is 11.9. The van der Waals surface area contributed by atoms with Crippen LogP contribution in [0.3, 0.4) is 0 Å². The summed E-state index contributed by atoms with van der Waals surface area (Å²) in [6, 6.07) is 27.6. The van der Waals surface area contributed by atoms with E-state index in [2.05, 4.69) is 118 Å². The van der Waals surface area contributed by atoms with Crippen molar-refractivity contribution in [2.45, 2.75) is 4.90 Å². The number of hydrogen-bond donors (Lipinski definition) is 2. The zero-order valence-corrected chi connectivity index (χ0v) is 22.0. The van der Waals surface area contributed by atoms with E-state index in [0.717, 1.165) is 22.7 Å². The van der Waals surface area contributed by atoms with Crippen molar-refractivity contribution in [3.05, 3.63) is 100 Å². The van der Waals surface area contributed by atoms with Crippen molar-refractivity contribution in [3.63, 3.8) is 0 Å². The Kier molecular flexibility index (Phi) is 6.50. The van der Waals surface area contributed by atoms with Crippen LogP contribution in [0.2, 0.25) is 0 Å². The fourth-order valence-electron chi connectivity index (χ4n) is 4.18. The molecule has 0 aliphatic carbocycles. The maximum atomic E-state index is 3.64. The maximum Gasteiger partial charge on any atom is 0.0573 e. The average molecular weight is 501 g/mol. The molecular formula is C29H28N2S3. The Morgan fingerprint density at radius 1 is 0.500 bits per heavy atom. The minimum Gasteiger partial charge on any atom is -0.354 e. The first-order valence-electron chi connectivity index (χ1n) is 11.1. The molecule has 0 spiro atoms. The third-order valence-corrected chi connectivity index (χ3v) is 8.79. The van der Waals surface area contributed by atoms with Crippen molar-refractivity contribution < 1.29 is 0 Å². The van der Waals surface area contributed by atoms with Crippen LogP contribution in [0.15, 0.2) is 105 Å². The first-order valence-corrected chi connectivity index (χ1v) is 15.8. The minimum atomic E-state index is -1.04. The predicted octanol–water partition coefficient (Wildman–Crippen LogP) is 9.68. The smallest absolute Gasteiger partial charge is 0.0573 e. The van der Waals surface area contributed by atoms with Gasteiger partial charge in [0.1, 0.15) is 0 Å². The van der Waals surface area contributed by atoms with Gasteiger partial charge in [-0.1, -0.05) is 54.6 Å². The minimum absolute atomic E-state index is 1.04. The molecule has 2 heterocycles. The lowest BCUT2D eigenvalue weighted by molar-refractivity contribution is 1.42. The molecule has 0 aliphatic heterocycles. The Morgan fingerprint density at radius 2 is 0.941 bits per heavy atom. The molecule has 0 fully saturated rings.